The molecule has 30 heavy (non-hydrogen) atoms. The van der Waals surface area contributed by atoms with E-state index in [2.05, 4.69) is 6.92 Å². The van der Waals surface area contributed by atoms with Gasteiger partial charge in [-0.25, -0.2) is 0 Å². The van der Waals surface area contributed by atoms with Crippen LogP contribution in [0.15, 0.2) is 70.0 Å². The summed E-state index contributed by atoms with van der Waals surface area (Å²) in [4.78, 5) is 25.4. The van der Waals surface area contributed by atoms with Crippen molar-refractivity contribution in [3.63, 3.8) is 0 Å². The molecule has 0 atom stereocenters. The number of hydrogen-bond donors (Lipinski definition) is 0. The Bertz CT molecular complexity index is 1180. The van der Waals surface area contributed by atoms with Crippen molar-refractivity contribution >= 4 is 51.7 Å². The zero-order chi connectivity index (χ0) is 21.3. The first kappa shape index (κ1) is 20.1. The Morgan fingerprint density at radius 2 is 1.93 bits per heavy atom. The number of nitro groups is 1. The Morgan fingerprint density at radius 3 is 2.63 bits per heavy atom. The molecule has 0 saturated carbocycles. The highest BCUT2D eigenvalue weighted by atomic mass is 32.2. The van der Waals surface area contributed by atoms with Crippen molar-refractivity contribution in [3.8, 4) is 11.3 Å². The number of thioether (sulfide) groups is 1. The molecule has 0 radical (unpaired) electrons. The molecular formula is C22H16N2O4S2. The molecule has 1 aromatic heterocycles. The highest BCUT2D eigenvalue weighted by Crippen LogP contribution is 2.37. The highest BCUT2D eigenvalue weighted by Gasteiger charge is 2.33. The van der Waals surface area contributed by atoms with E-state index in [1.54, 1.807) is 30.3 Å². The van der Waals surface area contributed by atoms with Gasteiger partial charge in [0.2, 0.25) is 0 Å². The number of thiocarbonyl (C=S) groups is 1. The quantitative estimate of drug-likeness (QED) is 0.217. The van der Waals surface area contributed by atoms with E-state index in [0.29, 0.717) is 26.3 Å². The van der Waals surface area contributed by atoms with Crippen molar-refractivity contribution in [2.24, 2.45) is 0 Å². The minimum Gasteiger partial charge on any atom is -0.457 e. The third-order valence-corrected chi connectivity index (χ3v) is 5.94. The van der Waals surface area contributed by atoms with E-state index >= 15 is 0 Å². The maximum Gasteiger partial charge on any atom is 0.270 e. The number of amides is 1. The second-order valence-corrected chi connectivity index (χ2v) is 8.22. The second kappa shape index (κ2) is 8.25. The van der Waals surface area contributed by atoms with Crippen LogP contribution in [-0.4, -0.2) is 15.2 Å². The molecule has 2 aromatic carbocycles. The lowest BCUT2D eigenvalue weighted by atomic mass is 10.1. The summed E-state index contributed by atoms with van der Waals surface area (Å²) in [5.41, 5.74) is 2.49. The summed E-state index contributed by atoms with van der Waals surface area (Å²) in [6.45, 7) is 2.07. The van der Waals surface area contributed by atoms with Crippen LogP contribution < -0.4 is 4.90 Å². The molecule has 1 amide bonds. The van der Waals surface area contributed by atoms with Crippen LogP contribution in [-0.2, 0) is 11.2 Å². The van der Waals surface area contributed by atoms with Gasteiger partial charge in [-0.05, 0) is 36.2 Å². The van der Waals surface area contributed by atoms with Crippen LogP contribution in [0.5, 0.6) is 0 Å². The third kappa shape index (κ3) is 3.92. The largest absolute Gasteiger partial charge is 0.457 e. The fraction of sp³-hybridized carbons (Fsp3) is 0.0909. The average Bonchev–Trinajstić information content (AvgIpc) is 3.33. The van der Waals surface area contributed by atoms with E-state index in [0.717, 1.165) is 12.1 Å². The SMILES string of the molecule is CCc1ccc(N2C(=O)/C(=C\c3ccc(-c4cccc([N+](=O)[O-])c4)o3)SC2=S)cc1. The van der Waals surface area contributed by atoms with Crippen LogP contribution in [0.2, 0.25) is 0 Å². The number of rotatable bonds is 5. The van der Waals surface area contributed by atoms with Gasteiger partial charge in [0, 0.05) is 23.8 Å². The van der Waals surface area contributed by atoms with E-state index in [9.17, 15) is 14.9 Å². The molecule has 2 heterocycles. The predicted octanol–water partition coefficient (Wildman–Crippen LogP) is 5.82. The first-order chi connectivity index (χ1) is 14.5. The van der Waals surface area contributed by atoms with Crippen LogP contribution in [0.1, 0.15) is 18.2 Å². The maximum atomic E-state index is 12.9. The normalized spacial score (nSPS) is 15.2. The number of carbonyl (C=O) groups excluding carboxylic acids is 1. The van der Waals surface area contributed by atoms with E-state index in [4.69, 9.17) is 16.6 Å². The summed E-state index contributed by atoms with van der Waals surface area (Å²) in [5.74, 6) is 0.747. The van der Waals surface area contributed by atoms with Crippen molar-refractivity contribution in [1.82, 2.24) is 0 Å². The van der Waals surface area contributed by atoms with Crippen LogP contribution in [0.25, 0.3) is 17.4 Å². The van der Waals surface area contributed by atoms with Crippen molar-refractivity contribution < 1.29 is 14.1 Å². The first-order valence-electron chi connectivity index (χ1n) is 9.18. The lowest BCUT2D eigenvalue weighted by Gasteiger charge is -2.14. The number of benzene rings is 2. The Hall–Kier alpha value is -3.23. The molecule has 0 aliphatic carbocycles. The summed E-state index contributed by atoms with van der Waals surface area (Å²) >= 11 is 6.62. The fourth-order valence-electron chi connectivity index (χ4n) is 3.06. The topological polar surface area (TPSA) is 76.6 Å². The molecule has 0 N–H and O–H groups in total. The van der Waals surface area contributed by atoms with Gasteiger partial charge in [0.05, 0.1) is 15.5 Å². The van der Waals surface area contributed by atoms with Crippen molar-refractivity contribution in [2.45, 2.75) is 13.3 Å². The van der Waals surface area contributed by atoms with Gasteiger partial charge in [-0.2, -0.15) is 0 Å². The molecule has 1 fully saturated rings. The minimum absolute atomic E-state index is 0.0135. The smallest absolute Gasteiger partial charge is 0.270 e. The molecule has 4 rings (SSSR count). The third-order valence-electron chi connectivity index (χ3n) is 4.64. The molecule has 1 saturated heterocycles. The molecule has 8 heteroatoms. The van der Waals surface area contributed by atoms with Gasteiger partial charge in [0.1, 0.15) is 11.5 Å². The van der Waals surface area contributed by atoms with Gasteiger partial charge in [-0.15, -0.1) is 0 Å². The number of nitro benzene ring substituents is 1. The van der Waals surface area contributed by atoms with E-state index in [-0.39, 0.29) is 11.6 Å². The fourth-order valence-corrected chi connectivity index (χ4v) is 4.34. The molecule has 1 aliphatic rings. The molecule has 150 valence electrons. The van der Waals surface area contributed by atoms with Crippen LogP contribution in [0.4, 0.5) is 11.4 Å². The predicted molar refractivity (Wildman–Crippen MR) is 122 cm³/mol. The van der Waals surface area contributed by atoms with Gasteiger partial charge >= 0.3 is 0 Å². The number of aryl methyl sites for hydroxylation is 1. The van der Waals surface area contributed by atoms with Gasteiger partial charge in [0.15, 0.2) is 4.32 Å². The van der Waals surface area contributed by atoms with Crippen molar-refractivity contribution in [3.05, 3.63) is 87.0 Å². The lowest BCUT2D eigenvalue weighted by Crippen LogP contribution is -2.27. The monoisotopic (exact) mass is 436 g/mol. The number of anilines is 1. The van der Waals surface area contributed by atoms with Crippen LogP contribution >= 0.6 is 24.0 Å². The Labute approximate surface area is 182 Å². The average molecular weight is 437 g/mol. The van der Waals surface area contributed by atoms with E-state index in [1.807, 2.05) is 24.3 Å². The van der Waals surface area contributed by atoms with Crippen molar-refractivity contribution in [2.75, 3.05) is 4.90 Å². The zero-order valence-corrected chi connectivity index (χ0v) is 17.5. The zero-order valence-electron chi connectivity index (χ0n) is 15.9. The first-order valence-corrected chi connectivity index (χ1v) is 10.4. The Morgan fingerprint density at radius 1 is 1.17 bits per heavy atom. The van der Waals surface area contributed by atoms with Gasteiger partial charge in [0.25, 0.3) is 11.6 Å². The number of nitrogens with zero attached hydrogens (tertiary/aromatic N) is 2. The number of hydrogen-bond acceptors (Lipinski definition) is 6. The molecule has 6 nitrogen and oxygen atoms in total. The summed E-state index contributed by atoms with van der Waals surface area (Å²) in [6.07, 6.45) is 2.56. The van der Waals surface area contributed by atoms with Crippen LogP contribution in [0.3, 0.4) is 0 Å². The Balaban J connectivity index is 1.58. The number of non-ortho nitro benzene ring substituents is 1. The summed E-state index contributed by atoms with van der Waals surface area (Å²) in [5, 5.41) is 11.0. The molecule has 3 aromatic rings. The molecule has 1 aliphatic heterocycles. The van der Waals surface area contributed by atoms with Gasteiger partial charge in [-0.1, -0.05) is 55.2 Å². The van der Waals surface area contributed by atoms with Crippen LogP contribution in [0, 0.1) is 10.1 Å². The minimum atomic E-state index is -0.453. The van der Waals surface area contributed by atoms with Crippen molar-refractivity contribution in [1.29, 1.82) is 0 Å². The highest BCUT2D eigenvalue weighted by molar-refractivity contribution is 8.27. The van der Waals surface area contributed by atoms with E-state index in [1.165, 1.54) is 34.4 Å². The molecule has 0 bridgehead atoms. The summed E-state index contributed by atoms with van der Waals surface area (Å²) < 4.78 is 6.25. The second-order valence-electron chi connectivity index (χ2n) is 6.55. The molecular weight excluding hydrogens is 420 g/mol. The van der Waals surface area contributed by atoms with Gasteiger partial charge < -0.3 is 4.42 Å². The molecule has 0 spiro atoms. The number of furan rings is 1. The Kier molecular flexibility index (Phi) is 5.52. The lowest BCUT2D eigenvalue weighted by molar-refractivity contribution is -0.384. The summed E-state index contributed by atoms with van der Waals surface area (Å²) in [7, 11) is 0. The number of carbonyl (C=O) groups is 1. The summed E-state index contributed by atoms with van der Waals surface area (Å²) in [6, 6.07) is 17.4. The maximum absolute atomic E-state index is 12.9. The molecule has 0 unspecified atom stereocenters. The van der Waals surface area contributed by atoms with E-state index < -0.39 is 4.92 Å². The van der Waals surface area contributed by atoms with Gasteiger partial charge in [-0.3, -0.25) is 19.8 Å². The standard InChI is InChI=1S/C22H16N2O4S2/c1-2-14-6-8-16(9-7-14)23-21(25)20(30-22(23)29)13-18-10-11-19(28-18)15-4-3-5-17(12-15)24(26)27/h3-13H,2H2,1H3/b20-13+.